The first-order valence-electron chi connectivity index (χ1n) is 21.9. The van der Waals surface area contributed by atoms with E-state index < -0.39 is 0 Å². The topological polar surface area (TPSA) is 3.24 Å². The van der Waals surface area contributed by atoms with Crippen LogP contribution in [0.5, 0.6) is 0 Å². The molecule has 0 spiro atoms. The summed E-state index contributed by atoms with van der Waals surface area (Å²) in [5.74, 6) is 0. The van der Waals surface area contributed by atoms with E-state index in [1.807, 2.05) is 11.3 Å². The molecule has 0 unspecified atom stereocenters. The van der Waals surface area contributed by atoms with Gasteiger partial charge in [-0.3, -0.25) is 0 Å². The molecule has 0 radical (unpaired) electrons. The van der Waals surface area contributed by atoms with E-state index in [2.05, 4.69) is 254 Å². The van der Waals surface area contributed by atoms with Gasteiger partial charge in [0.25, 0.3) is 0 Å². The Morgan fingerprint density at radius 3 is 1.61 bits per heavy atom. The van der Waals surface area contributed by atoms with Crippen LogP contribution in [0.1, 0.15) is 0 Å². The number of fused-ring (bicyclic) bond motifs is 5. The first-order chi connectivity index (χ1) is 31.7. The third kappa shape index (κ3) is 6.82. The molecular formula is C62H41NS. The molecule has 0 atom stereocenters. The third-order valence-electron chi connectivity index (χ3n) is 12.7. The monoisotopic (exact) mass is 831 g/mol. The molecule has 0 N–H and O–H groups in total. The first-order valence-corrected chi connectivity index (χ1v) is 22.7. The normalized spacial score (nSPS) is 11.4. The third-order valence-corrected chi connectivity index (χ3v) is 13.9. The number of thiophene rings is 1. The van der Waals surface area contributed by atoms with Gasteiger partial charge in [0.1, 0.15) is 0 Å². The minimum atomic E-state index is 1.08. The van der Waals surface area contributed by atoms with E-state index in [1.165, 1.54) is 91.8 Å². The van der Waals surface area contributed by atoms with Gasteiger partial charge in [-0.15, -0.1) is 11.3 Å². The number of benzene rings is 11. The summed E-state index contributed by atoms with van der Waals surface area (Å²) in [6, 6.07) is 91.0. The maximum absolute atomic E-state index is 2.44. The molecule has 0 aliphatic rings. The summed E-state index contributed by atoms with van der Waals surface area (Å²) in [7, 11) is 0. The number of rotatable bonds is 8. The Kier molecular flexibility index (Phi) is 9.43. The van der Waals surface area contributed by atoms with Gasteiger partial charge in [0.2, 0.25) is 0 Å². The Balaban J connectivity index is 1.00. The van der Waals surface area contributed by atoms with Crippen molar-refractivity contribution in [3.8, 4) is 55.6 Å². The van der Waals surface area contributed by atoms with Gasteiger partial charge in [-0.1, -0.05) is 200 Å². The van der Waals surface area contributed by atoms with Crippen LogP contribution in [0.4, 0.5) is 17.1 Å². The fourth-order valence-electron chi connectivity index (χ4n) is 9.47. The minimum Gasteiger partial charge on any atom is -0.310 e. The lowest BCUT2D eigenvalue weighted by Gasteiger charge is -2.29. The van der Waals surface area contributed by atoms with Crippen LogP contribution < -0.4 is 4.90 Å². The zero-order valence-corrected chi connectivity index (χ0v) is 35.8. The van der Waals surface area contributed by atoms with Crippen LogP contribution in [0.2, 0.25) is 0 Å². The van der Waals surface area contributed by atoms with Crippen molar-refractivity contribution in [2.45, 2.75) is 0 Å². The maximum atomic E-state index is 2.44. The van der Waals surface area contributed by atoms with Crippen molar-refractivity contribution in [3.63, 3.8) is 0 Å². The van der Waals surface area contributed by atoms with E-state index in [1.54, 1.807) is 0 Å². The molecule has 1 aromatic heterocycles. The van der Waals surface area contributed by atoms with E-state index in [4.69, 9.17) is 0 Å². The lowest BCUT2D eigenvalue weighted by molar-refractivity contribution is 1.28. The summed E-state index contributed by atoms with van der Waals surface area (Å²) in [5.41, 5.74) is 15.3. The molecule has 64 heavy (non-hydrogen) atoms. The number of hydrogen-bond acceptors (Lipinski definition) is 2. The molecule has 2 heteroatoms. The number of nitrogens with zero attached hydrogens (tertiary/aromatic N) is 1. The lowest BCUT2D eigenvalue weighted by Crippen LogP contribution is -2.11. The van der Waals surface area contributed by atoms with Crippen LogP contribution in [0.15, 0.2) is 249 Å². The first kappa shape index (κ1) is 37.7. The van der Waals surface area contributed by atoms with Crippen molar-refractivity contribution in [2.24, 2.45) is 0 Å². The number of hydrogen-bond donors (Lipinski definition) is 0. The smallest absolute Gasteiger partial charge is 0.0546 e. The predicted molar refractivity (Wildman–Crippen MR) is 276 cm³/mol. The summed E-state index contributed by atoms with van der Waals surface area (Å²) in [5, 5.41) is 7.60. The Bertz CT molecular complexity index is 3650. The Hall–Kier alpha value is -8.04. The van der Waals surface area contributed by atoms with Crippen molar-refractivity contribution >= 4 is 70.1 Å². The van der Waals surface area contributed by atoms with Crippen molar-refractivity contribution in [3.05, 3.63) is 249 Å². The zero-order chi connectivity index (χ0) is 42.4. The van der Waals surface area contributed by atoms with E-state index in [-0.39, 0.29) is 0 Å². The molecule has 1 nitrogen and oxygen atoms in total. The molecule has 0 bridgehead atoms. The average molecular weight is 832 g/mol. The molecule has 11 aromatic carbocycles. The summed E-state index contributed by atoms with van der Waals surface area (Å²) in [6.07, 6.45) is 0. The van der Waals surface area contributed by atoms with Crippen LogP contribution in [0, 0.1) is 0 Å². The second-order valence-electron chi connectivity index (χ2n) is 16.5. The Labute approximate surface area is 377 Å². The van der Waals surface area contributed by atoms with Gasteiger partial charge in [-0.2, -0.15) is 0 Å². The molecule has 0 aliphatic heterocycles. The summed E-state index contributed by atoms with van der Waals surface area (Å²) < 4.78 is 2.64. The second-order valence-corrected chi connectivity index (χ2v) is 17.5. The molecule has 1 heterocycles. The highest BCUT2D eigenvalue weighted by Crippen LogP contribution is 2.46. The standard InChI is InChI=1S/C62H41NS/c1-2-14-45(15-3-1)56-38-33-51(55-23-11-18-44-16-6-7-21-54(44)55)41-60(56)63(53-36-31-46(32-37-53)57-24-12-25-59-58-22-8-9-26-61(58)64-62(57)59)52-34-29-43(30-35-52)48-19-10-20-49(39-48)50-28-27-42-13-4-5-17-47(42)40-50/h1-41H. The van der Waals surface area contributed by atoms with Crippen LogP contribution in [-0.2, 0) is 0 Å². The van der Waals surface area contributed by atoms with Crippen molar-refractivity contribution in [2.75, 3.05) is 4.90 Å². The highest BCUT2D eigenvalue weighted by Gasteiger charge is 2.20. The predicted octanol–water partition coefficient (Wildman–Crippen LogP) is 18.2. The molecule has 0 saturated carbocycles. The zero-order valence-electron chi connectivity index (χ0n) is 35.0. The molecule has 0 saturated heterocycles. The van der Waals surface area contributed by atoms with Gasteiger partial charge in [-0.05, 0) is 120 Å². The SMILES string of the molecule is c1ccc(-c2ccc(-c3cccc4ccccc34)cc2N(c2ccc(-c3cccc(-c4ccc5ccccc5c4)c3)cc2)c2ccc(-c3cccc4c3sc3ccccc34)cc2)cc1. The summed E-state index contributed by atoms with van der Waals surface area (Å²) >= 11 is 1.88. The van der Waals surface area contributed by atoms with Crippen LogP contribution in [0.3, 0.4) is 0 Å². The minimum absolute atomic E-state index is 1.08. The Morgan fingerprint density at radius 1 is 0.266 bits per heavy atom. The second kappa shape index (κ2) is 16.0. The molecular weight excluding hydrogens is 791 g/mol. The van der Waals surface area contributed by atoms with E-state index in [0.29, 0.717) is 0 Å². The van der Waals surface area contributed by atoms with Gasteiger partial charge in [0.15, 0.2) is 0 Å². The molecule has 0 amide bonds. The van der Waals surface area contributed by atoms with E-state index in [9.17, 15) is 0 Å². The number of anilines is 3. The van der Waals surface area contributed by atoms with Gasteiger partial charge >= 0.3 is 0 Å². The van der Waals surface area contributed by atoms with E-state index in [0.717, 1.165) is 22.6 Å². The fourth-order valence-corrected chi connectivity index (χ4v) is 10.7. The van der Waals surface area contributed by atoms with Crippen LogP contribution in [-0.4, -0.2) is 0 Å². The van der Waals surface area contributed by atoms with Crippen molar-refractivity contribution in [1.29, 1.82) is 0 Å². The molecule has 12 aromatic rings. The van der Waals surface area contributed by atoms with Gasteiger partial charge < -0.3 is 4.90 Å². The highest BCUT2D eigenvalue weighted by molar-refractivity contribution is 7.26. The fraction of sp³-hybridized carbons (Fsp3) is 0. The summed E-state index contributed by atoms with van der Waals surface area (Å²) in [4.78, 5) is 2.44. The van der Waals surface area contributed by atoms with Gasteiger partial charge in [0, 0.05) is 37.1 Å². The summed E-state index contributed by atoms with van der Waals surface area (Å²) in [6.45, 7) is 0. The average Bonchev–Trinajstić information content (AvgIpc) is 3.76. The lowest BCUT2D eigenvalue weighted by atomic mass is 9.94. The van der Waals surface area contributed by atoms with Gasteiger partial charge in [-0.25, -0.2) is 0 Å². The highest BCUT2D eigenvalue weighted by atomic mass is 32.1. The van der Waals surface area contributed by atoms with Crippen molar-refractivity contribution < 1.29 is 0 Å². The molecule has 300 valence electrons. The van der Waals surface area contributed by atoms with Crippen LogP contribution >= 0.6 is 11.3 Å². The van der Waals surface area contributed by atoms with E-state index >= 15 is 0 Å². The molecule has 0 aliphatic carbocycles. The Morgan fingerprint density at radius 2 is 0.797 bits per heavy atom. The largest absolute Gasteiger partial charge is 0.310 e. The quantitative estimate of drug-likeness (QED) is 0.147. The van der Waals surface area contributed by atoms with Crippen molar-refractivity contribution in [1.82, 2.24) is 0 Å². The maximum Gasteiger partial charge on any atom is 0.0546 e. The molecule has 0 fully saturated rings. The van der Waals surface area contributed by atoms with Crippen LogP contribution in [0.25, 0.3) is 97.4 Å². The van der Waals surface area contributed by atoms with Gasteiger partial charge in [0.05, 0.1) is 5.69 Å². The molecule has 12 rings (SSSR count).